The SMILES string of the molecule is CC.CC1CCC2(C)C(CCC3C2CCC2(C)C(C(=O)CNc4ccccc4)CCC32)C1. The standard InChI is InChI=1S/C28H41NO.C2H6/c1-19-13-15-27(2)20(17-19)9-10-22-23-11-12-25(28(23,3)16-14-24(22)27)26(30)18-29-21-7-5-4-6-8-21;1-2/h4-8,19-20,22-25,29H,9-18H2,1-3H3;1-2H3. The van der Waals surface area contributed by atoms with Crippen molar-refractivity contribution in [1.82, 2.24) is 0 Å². The molecule has 4 aliphatic rings. The van der Waals surface area contributed by atoms with E-state index in [0.29, 0.717) is 17.7 Å². The predicted octanol–water partition coefficient (Wildman–Crippen LogP) is 7.99. The number of benzene rings is 1. The summed E-state index contributed by atoms with van der Waals surface area (Å²) >= 11 is 0. The van der Waals surface area contributed by atoms with Crippen molar-refractivity contribution in [2.24, 2.45) is 46.3 Å². The molecule has 0 amide bonds. The fourth-order valence-corrected chi connectivity index (χ4v) is 8.87. The first-order valence-electron chi connectivity index (χ1n) is 13.7. The van der Waals surface area contributed by atoms with E-state index in [4.69, 9.17) is 0 Å². The molecule has 2 heteroatoms. The molecule has 0 saturated heterocycles. The van der Waals surface area contributed by atoms with Gasteiger partial charge >= 0.3 is 0 Å². The second-order valence-electron chi connectivity index (χ2n) is 11.9. The first-order valence-corrected chi connectivity index (χ1v) is 13.7. The Morgan fingerprint density at radius 3 is 2.34 bits per heavy atom. The van der Waals surface area contributed by atoms with Crippen LogP contribution in [0.5, 0.6) is 0 Å². The molecule has 4 aliphatic carbocycles. The Bertz CT molecular complexity index is 774. The quantitative estimate of drug-likeness (QED) is 0.517. The summed E-state index contributed by atoms with van der Waals surface area (Å²) < 4.78 is 0. The van der Waals surface area contributed by atoms with Crippen LogP contribution in [0.1, 0.15) is 92.4 Å². The first-order chi connectivity index (χ1) is 15.4. The molecule has 2 nitrogen and oxygen atoms in total. The third-order valence-electron chi connectivity index (χ3n) is 10.6. The topological polar surface area (TPSA) is 29.1 Å². The highest BCUT2D eigenvalue weighted by Gasteiger charge is 2.60. The Morgan fingerprint density at radius 1 is 0.906 bits per heavy atom. The smallest absolute Gasteiger partial charge is 0.155 e. The van der Waals surface area contributed by atoms with Gasteiger partial charge in [-0.25, -0.2) is 0 Å². The highest BCUT2D eigenvalue weighted by Crippen LogP contribution is 2.67. The van der Waals surface area contributed by atoms with E-state index in [-0.39, 0.29) is 11.3 Å². The highest BCUT2D eigenvalue weighted by molar-refractivity contribution is 5.86. The Balaban J connectivity index is 0.00000119. The van der Waals surface area contributed by atoms with Crippen LogP contribution in [0, 0.1) is 46.3 Å². The molecule has 1 N–H and O–H groups in total. The summed E-state index contributed by atoms with van der Waals surface area (Å²) in [5.41, 5.74) is 1.88. The molecular weight excluding hydrogens is 390 g/mol. The summed E-state index contributed by atoms with van der Waals surface area (Å²) in [6, 6.07) is 10.2. The first kappa shape index (κ1) is 23.8. The zero-order valence-corrected chi connectivity index (χ0v) is 21.3. The zero-order chi connectivity index (χ0) is 22.9. The molecule has 8 unspecified atom stereocenters. The van der Waals surface area contributed by atoms with Gasteiger partial charge in [0.15, 0.2) is 5.78 Å². The summed E-state index contributed by atoms with van der Waals surface area (Å²) in [4.78, 5) is 13.3. The Morgan fingerprint density at radius 2 is 1.59 bits per heavy atom. The lowest BCUT2D eigenvalue weighted by atomic mass is 9.44. The molecule has 1 aromatic carbocycles. The van der Waals surface area contributed by atoms with E-state index >= 15 is 0 Å². The number of carbonyl (C=O) groups is 1. The van der Waals surface area contributed by atoms with Gasteiger partial charge in [-0.1, -0.05) is 59.2 Å². The molecule has 0 heterocycles. The van der Waals surface area contributed by atoms with Crippen molar-refractivity contribution in [3.63, 3.8) is 0 Å². The molecule has 178 valence electrons. The van der Waals surface area contributed by atoms with Crippen molar-refractivity contribution in [1.29, 1.82) is 0 Å². The van der Waals surface area contributed by atoms with Gasteiger partial charge in [-0.05, 0) is 104 Å². The molecule has 5 rings (SSSR count). The number of para-hydroxylation sites is 1. The van der Waals surface area contributed by atoms with E-state index in [1.165, 1.54) is 51.4 Å². The number of ketones is 1. The lowest BCUT2D eigenvalue weighted by Crippen LogP contribution is -2.53. The molecule has 1 aromatic rings. The number of anilines is 1. The van der Waals surface area contributed by atoms with Gasteiger partial charge in [0.2, 0.25) is 0 Å². The van der Waals surface area contributed by atoms with Crippen molar-refractivity contribution in [2.75, 3.05) is 11.9 Å². The maximum atomic E-state index is 13.3. The zero-order valence-electron chi connectivity index (χ0n) is 21.3. The molecule has 32 heavy (non-hydrogen) atoms. The van der Waals surface area contributed by atoms with Crippen molar-refractivity contribution in [3.8, 4) is 0 Å². The van der Waals surface area contributed by atoms with E-state index in [0.717, 1.165) is 41.7 Å². The Hall–Kier alpha value is -1.31. The third kappa shape index (κ3) is 4.05. The Labute approximate surface area is 197 Å². The van der Waals surface area contributed by atoms with Crippen LogP contribution in [0.15, 0.2) is 30.3 Å². The fourth-order valence-electron chi connectivity index (χ4n) is 8.87. The monoisotopic (exact) mass is 437 g/mol. The second kappa shape index (κ2) is 9.51. The average Bonchev–Trinajstić information content (AvgIpc) is 3.17. The maximum absolute atomic E-state index is 13.3. The van der Waals surface area contributed by atoms with Crippen LogP contribution < -0.4 is 5.32 Å². The van der Waals surface area contributed by atoms with Gasteiger partial charge in [-0.3, -0.25) is 4.79 Å². The van der Waals surface area contributed by atoms with Crippen molar-refractivity contribution in [3.05, 3.63) is 30.3 Å². The lowest BCUT2D eigenvalue weighted by Gasteiger charge is -2.61. The predicted molar refractivity (Wildman–Crippen MR) is 136 cm³/mol. The summed E-state index contributed by atoms with van der Waals surface area (Å²) in [5.74, 6) is 5.17. The molecule has 8 atom stereocenters. The summed E-state index contributed by atoms with van der Waals surface area (Å²) in [6.45, 7) is 12.1. The van der Waals surface area contributed by atoms with Gasteiger partial charge in [0.1, 0.15) is 0 Å². The number of rotatable bonds is 4. The van der Waals surface area contributed by atoms with Crippen LogP contribution in [-0.2, 0) is 4.79 Å². The van der Waals surface area contributed by atoms with Gasteiger partial charge in [0.25, 0.3) is 0 Å². The minimum absolute atomic E-state index is 0.238. The molecule has 0 bridgehead atoms. The van der Waals surface area contributed by atoms with Gasteiger partial charge in [0, 0.05) is 11.6 Å². The Kier molecular flexibility index (Phi) is 7.08. The van der Waals surface area contributed by atoms with Crippen LogP contribution in [0.2, 0.25) is 0 Å². The largest absolute Gasteiger partial charge is 0.378 e. The van der Waals surface area contributed by atoms with Crippen molar-refractivity contribution < 1.29 is 4.79 Å². The number of Topliss-reactive ketones (excluding diaryl/α,β-unsaturated/α-hetero) is 1. The summed E-state index contributed by atoms with van der Waals surface area (Å²) in [7, 11) is 0. The summed E-state index contributed by atoms with van der Waals surface area (Å²) in [6.07, 6.45) is 12.3. The van der Waals surface area contributed by atoms with Crippen LogP contribution in [0.3, 0.4) is 0 Å². The van der Waals surface area contributed by atoms with E-state index < -0.39 is 0 Å². The normalized spacial score (nSPS) is 42.5. The van der Waals surface area contributed by atoms with Crippen molar-refractivity contribution >= 4 is 11.5 Å². The number of hydrogen-bond acceptors (Lipinski definition) is 2. The molecule has 4 saturated carbocycles. The number of carbonyl (C=O) groups excluding carboxylic acids is 1. The van der Waals surface area contributed by atoms with E-state index in [9.17, 15) is 4.79 Å². The van der Waals surface area contributed by atoms with Gasteiger partial charge < -0.3 is 5.32 Å². The minimum atomic E-state index is 0.238. The third-order valence-corrected chi connectivity index (χ3v) is 10.6. The maximum Gasteiger partial charge on any atom is 0.155 e. The average molecular weight is 438 g/mol. The number of hydrogen-bond donors (Lipinski definition) is 1. The van der Waals surface area contributed by atoms with Gasteiger partial charge in [-0.15, -0.1) is 0 Å². The highest BCUT2D eigenvalue weighted by atomic mass is 16.1. The van der Waals surface area contributed by atoms with Crippen LogP contribution >= 0.6 is 0 Å². The van der Waals surface area contributed by atoms with E-state index in [1.807, 2.05) is 32.0 Å². The number of nitrogens with one attached hydrogen (secondary N) is 1. The summed E-state index contributed by atoms with van der Waals surface area (Å²) in [5, 5.41) is 3.39. The molecular formula is C30H47NO. The van der Waals surface area contributed by atoms with E-state index in [2.05, 4.69) is 38.2 Å². The molecule has 4 fully saturated rings. The van der Waals surface area contributed by atoms with Crippen LogP contribution in [-0.4, -0.2) is 12.3 Å². The molecule has 0 spiro atoms. The van der Waals surface area contributed by atoms with Crippen molar-refractivity contribution in [2.45, 2.75) is 92.4 Å². The lowest BCUT2D eigenvalue weighted by molar-refractivity contribution is -0.135. The molecule has 0 radical (unpaired) electrons. The second-order valence-corrected chi connectivity index (χ2v) is 11.9. The number of fused-ring (bicyclic) bond motifs is 5. The van der Waals surface area contributed by atoms with Gasteiger partial charge in [-0.2, -0.15) is 0 Å². The minimum Gasteiger partial charge on any atom is -0.378 e. The molecule has 0 aliphatic heterocycles. The van der Waals surface area contributed by atoms with E-state index in [1.54, 1.807) is 0 Å². The van der Waals surface area contributed by atoms with Crippen LogP contribution in [0.4, 0.5) is 5.69 Å². The molecule has 0 aromatic heterocycles. The fraction of sp³-hybridized carbons (Fsp3) is 0.767. The van der Waals surface area contributed by atoms with Gasteiger partial charge in [0.05, 0.1) is 6.54 Å². The van der Waals surface area contributed by atoms with Crippen LogP contribution in [0.25, 0.3) is 0 Å².